The molecule has 3 aromatic rings. The summed E-state index contributed by atoms with van der Waals surface area (Å²) >= 11 is 0. The first-order valence-electron chi connectivity index (χ1n) is 12.0. The van der Waals surface area contributed by atoms with Crippen LogP contribution >= 0.6 is 0 Å². The molecule has 3 heteroatoms. The topological polar surface area (TPSA) is 49.9 Å². The minimum atomic E-state index is -2.71. The lowest BCUT2D eigenvalue weighted by atomic mass is 9.86. The third-order valence-corrected chi connectivity index (χ3v) is 5.02. The van der Waals surface area contributed by atoms with Crippen molar-refractivity contribution in [3.8, 4) is 0 Å². The van der Waals surface area contributed by atoms with Gasteiger partial charge in [0.15, 0.2) is 5.58 Å². The molecule has 2 aromatic heterocycles. The number of allylic oxidation sites excluding steroid dienone is 3. The van der Waals surface area contributed by atoms with Crippen molar-refractivity contribution in [2.45, 2.75) is 44.9 Å². The second-order valence-corrected chi connectivity index (χ2v) is 6.73. The van der Waals surface area contributed by atoms with E-state index in [9.17, 15) is 0 Å². The Morgan fingerprint density at radius 2 is 2.12 bits per heavy atom. The summed E-state index contributed by atoms with van der Waals surface area (Å²) in [5, 5.41) is 10.2. The molecular formula is C23H24N2O. The van der Waals surface area contributed by atoms with Crippen molar-refractivity contribution in [3.05, 3.63) is 66.0 Å². The van der Waals surface area contributed by atoms with E-state index < -0.39 is 24.5 Å². The van der Waals surface area contributed by atoms with Crippen LogP contribution in [0.3, 0.4) is 0 Å². The van der Waals surface area contributed by atoms with Crippen molar-refractivity contribution in [1.82, 2.24) is 4.98 Å². The van der Waals surface area contributed by atoms with Crippen molar-refractivity contribution in [2.75, 3.05) is 0 Å². The molecule has 0 saturated heterocycles. The van der Waals surface area contributed by atoms with Crippen molar-refractivity contribution in [1.29, 1.82) is 5.41 Å². The monoisotopic (exact) mass is 350 g/mol. The number of hydrogen-bond donors (Lipinski definition) is 1. The maximum absolute atomic E-state index is 8.53. The van der Waals surface area contributed by atoms with Crippen molar-refractivity contribution in [3.63, 3.8) is 0 Å². The molecule has 0 bridgehead atoms. The number of fused-ring (bicyclic) bond motifs is 3. The number of para-hydroxylation sites is 1. The number of rotatable bonds is 4. The molecule has 1 aromatic carbocycles. The summed E-state index contributed by atoms with van der Waals surface area (Å²) in [5.41, 5.74) is 1.42. The first-order valence-corrected chi connectivity index (χ1v) is 8.90. The van der Waals surface area contributed by atoms with Crippen LogP contribution in [0.5, 0.6) is 0 Å². The summed E-state index contributed by atoms with van der Waals surface area (Å²) in [4.78, 5) is 4.61. The summed E-state index contributed by atoms with van der Waals surface area (Å²) in [7, 11) is 0. The summed E-state index contributed by atoms with van der Waals surface area (Å²) < 4.78 is 52.5. The highest BCUT2D eigenvalue weighted by atomic mass is 16.3. The Morgan fingerprint density at radius 3 is 2.92 bits per heavy atom. The fraction of sp³-hybridized carbons (Fsp3) is 0.304. The average molecular weight is 350 g/mol. The van der Waals surface area contributed by atoms with Gasteiger partial charge in [0.2, 0.25) is 0 Å². The van der Waals surface area contributed by atoms with Gasteiger partial charge in [-0.15, -0.1) is 0 Å². The van der Waals surface area contributed by atoms with Gasteiger partial charge in [-0.25, -0.2) is 0 Å². The maximum atomic E-state index is 8.53. The van der Waals surface area contributed by atoms with Gasteiger partial charge in [0.05, 0.1) is 15.5 Å². The van der Waals surface area contributed by atoms with Gasteiger partial charge < -0.3 is 9.83 Å². The zero-order valence-electron chi connectivity index (χ0n) is 20.4. The minimum absolute atomic E-state index is 0.304. The molecule has 0 atom stereocenters. The van der Waals surface area contributed by atoms with Gasteiger partial charge in [0, 0.05) is 32.6 Å². The fourth-order valence-electron chi connectivity index (χ4n) is 3.81. The lowest BCUT2D eigenvalue weighted by Crippen LogP contribution is -2.06. The van der Waals surface area contributed by atoms with Crippen molar-refractivity contribution in [2.24, 2.45) is 0 Å². The number of hydrogen-bond acceptors (Lipinski definition) is 3. The van der Waals surface area contributed by atoms with Crippen LogP contribution in [0.2, 0.25) is 0 Å². The Bertz CT molecular complexity index is 1250. The van der Waals surface area contributed by atoms with E-state index in [0.29, 0.717) is 29.2 Å². The highest BCUT2D eigenvalue weighted by Crippen LogP contribution is 2.39. The number of benzene rings is 1. The zero-order valence-corrected chi connectivity index (χ0v) is 14.4. The van der Waals surface area contributed by atoms with Crippen LogP contribution in [-0.4, -0.2) is 10.7 Å². The molecule has 1 fully saturated rings. The number of aromatic nitrogens is 1. The van der Waals surface area contributed by atoms with Crippen LogP contribution in [-0.2, 0) is 0 Å². The first-order chi connectivity index (χ1) is 15.2. The molecule has 0 aliphatic heterocycles. The number of nitrogens with one attached hydrogen (secondary N) is 1. The Morgan fingerprint density at radius 1 is 1.27 bits per heavy atom. The second kappa shape index (κ2) is 6.91. The third kappa shape index (κ3) is 2.98. The van der Waals surface area contributed by atoms with E-state index >= 15 is 0 Å². The predicted octanol–water partition coefficient (Wildman–Crippen LogP) is 6.53. The van der Waals surface area contributed by atoms with Crippen molar-refractivity contribution >= 4 is 27.7 Å². The standard InChI is InChI=1S/C23H24N2O/c1-15(2)11-12-20(24)19-10-6-9-17-18-13-14-25-21(23(18)26-22(17)19)16-7-4-3-5-8-16/h6,9-14,16,24H,1,3-5,7-8H2,2H3/b12-11-,24-20?/i1D,2D3,11D,12D/b12-11-,15-1?,24-20?. The summed E-state index contributed by atoms with van der Waals surface area (Å²) in [5.74, 6) is 0.325. The van der Waals surface area contributed by atoms with Crippen LogP contribution in [0, 0.1) is 5.41 Å². The number of furan rings is 1. The van der Waals surface area contributed by atoms with E-state index in [1.165, 1.54) is 6.42 Å². The lowest BCUT2D eigenvalue weighted by Gasteiger charge is -2.20. The molecule has 0 spiro atoms. The molecule has 0 radical (unpaired) electrons. The smallest absolute Gasteiger partial charge is 0.157 e. The van der Waals surface area contributed by atoms with E-state index in [0.717, 1.165) is 42.1 Å². The molecule has 2 heterocycles. The van der Waals surface area contributed by atoms with Gasteiger partial charge in [-0.2, -0.15) is 0 Å². The number of nitrogens with zero attached hydrogens (tertiary/aromatic N) is 1. The largest absolute Gasteiger partial charge is 0.453 e. The van der Waals surface area contributed by atoms with Crippen LogP contribution in [0.4, 0.5) is 0 Å². The summed E-state index contributed by atoms with van der Waals surface area (Å²) in [6, 6.07) is 5.91. The zero-order chi connectivity index (χ0) is 23.0. The molecule has 4 rings (SSSR count). The Balaban J connectivity index is 1.85. The van der Waals surface area contributed by atoms with Gasteiger partial charge in [-0.05, 0) is 37.9 Å². The van der Waals surface area contributed by atoms with E-state index in [4.69, 9.17) is 18.1 Å². The third-order valence-electron chi connectivity index (χ3n) is 5.02. The Kier molecular flexibility index (Phi) is 2.96. The number of pyridine rings is 1. The molecular weight excluding hydrogens is 320 g/mol. The molecule has 1 N–H and O–H groups in total. The van der Waals surface area contributed by atoms with Gasteiger partial charge in [0.25, 0.3) is 0 Å². The molecule has 1 aliphatic rings. The van der Waals surface area contributed by atoms with Gasteiger partial charge in [-0.3, -0.25) is 4.98 Å². The van der Waals surface area contributed by atoms with Crippen LogP contribution in [0.1, 0.15) is 64.4 Å². The molecule has 132 valence electrons. The molecule has 0 unspecified atom stereocenters. The second-order valence-electron chi connectivity index (χ2n) is 6.73. The Labute approximate surface area is 162 Å². The molecule has 3 nitrogen and oxygen atoms in total. The van der Waals surface area contributed by atoms with Crippen LogP contribution < -0.4 is 0 Å². The minimum Gasteiger partial charge on any atom is -0.453 e. The molecule has 26 heavy (non-hydrogen) atoms. The van der Waals surface area contributed by atoms with Crippen molar-refractivity contribution < 1.29 is 12.6 Å². The lowest BCUT2D eigenvalue weighted by molar-refractivity contribution is 0.435. The maximum Gasteiger partial charge on any atom is 0.157 e. The van der Waals surface area contributed by atoms with Crippen LogP contribution in [0.15, 0.2) is 59.1 Å². The average Bonchev–Trinajstić information content (AvgIpc) is 3.17. The summed E-state index contributed by atoms with van der Waals surface area (Å²) in [6.45, 7) is -2.15. The molecule has 0 amide bonds. The van der Waals surface area contributed by atoms with E-state index in [-0.39, 0.29) is 5.71 Å². The fourth-order valence-corrected chi connectivity index (χ4v) is 3.81. The van der Waals surface area contributed by atoms with Gasteiger partial charge in [-0.1, -0.05) is 49.6 Å². The van der Waals surface area contributed by atoms with E-state index in [1.54, 1.807) is 18.3 Å². The molecule has 1 aliphatic carbocycles. The Hall–Kier alpha value is -2.68. The summed E-state index contributed by atoms with van der Waals surface area (Å²) in [6.07, 6.45) is 7.45. The highest BCUT2D eigenvalue weighted by molar-refractivity contribution is 6.18. The van der Waals surface area contributed by atoms with Crippen LogP contribution in [0.25, 0.3) is 21.9 Å². The first kappa shape index (κ1) is 11.1. The van der Waals surface area contributed by atoms with Gasteiger partial charge in [0.1, 0.15) is 5.58 Å². The molecule has 1 saturated carbocycles. The van der Waals surface area contributed by atoms with E-state index in [1.807, 2.05) is 12.1 Å². The predicted molar refractivity (Wildman–Crippen MR) is 108 cm³/mol. The highest BCUT2D eigenvalue weighted by Gasteiger charge is 2.22. The van der Waals surface area contributed by atoms with Gasteiger partial charge >= 0.3 is 0 Å². The SMILES string of the molecule is [2H]C=C(/C([2H])=C(/[2H])C(=N)c1cccc2c1oc1c(C3CCCCC3)nccc12)C([2H])([2H])[2H]. The quantitative estimate of drug-likeness (QED) is 0.429. The van der Waals surface area contributed by atoms with E-state index in [2.05, 4.69) is 4.98 Å². The normalized spacial score (nSPS) is 21.3.